The number of para-hydroxylation sites is 2. The Kier molecular flexibility index (Phi) is 5.68. The Morgan fingerprint density at radius 3 is 2.52 bits per heavy atom. The van der Waals surface area contributed by atoms with Crippen molar-refractivity contribution in [1.29, 1.82) is 0 Å². The zero-order valence-corrected chi connectivity index (χ0v) is 16.0. The van der Waals surface area contributed by atoms with E-state index in [0.717, 1.165) is 46.5 Å². The Balaban J connectivity index is 1.31. The molecular formula is C25H21N3O. The molecule has 3 aromatic carbocycles. The standard InChI is InChI=1S/C25H21N3O/c29-25(15-7-14-24-27-22-12-4-5-13-23(22)28-24)26-21-11-6-10-20(18-21)17-16-19-8-2-1-3-9-19/h1-6,8-13,18H,7,14-15H2,(H,26,29)(H,27,28). The molecule has 0 saturated heterocycles. The molecule has 0 aliphatic carbocycles. The molecule has 0 atom stereocenters. The fourth-order valence-electron chi connectivity index (χ4n) is 3.10. The molecule has 4 heteroatoms. The normalized spacial score (nSPS) is 10.3. The van der Waals surface area contributed by atoms with Crippen molar-refractivity contribution in [2.24, 2.45) is 0 Å². The lowest BCUT2D eigenvalue weighted by Gasteiger charge is -2.05. The highest BCUT2D eigenvalue weighted by atomic mass is 16.1. The number of benzene rings is 3. The summed E-state index contributed by atoms with van der Waals surface area (Å²) in [5.74, 6) is 7.18. The number of aryl methyl sites for hydroxylation is 1. The topological polar surface area (TPSA) is 57.8 Å². The van der Waals surface area contributed by atoms with Gasteiger partial charge in [-0.3, -0.25) is 4.79 Å². The van der Waals surface area contributed by atoms with Gasteiger partial charge in [-0.2, -0.15) is 0 Å². The fraction of sp³-hybridized carbons (Fsp3) is 0.120. The monoisotopic (exact) mass is 379 g/mol. The zero-order valence-electron chi connectivity index (χ0n) is 16.0. The van der Waals surface area contributed by atoms with Gasteiger partial charge in [0.15, 0.2) is 0 Å². The van der Waals surface area contributed by atoms with E-state index in [4.69, 9.17) is 0 Å². The van der Waals surface area contributed by atoms with Crippen LogP contribution in [0.15, 0.2) is 78.9 Å². The van der Waals surface area contributed by atoms with Crippen molar-refractivity contribution in [3.8, 4) is 11.8 Å². The summed E-state index contributed by atoms with van der Waals surface area (Å²) >= 11 is 0. The molecular weight excluding hydrogens is 358 g/mol. The van der Waals surface area contributed by atoms with Crippen LogP contribution >= 0.6 is 0 Å². The van der Waals surface area contributed by atoms with Gasteiger partial charge in [0.1, 0.15) is 5.82 Å². The first kappa shape index (κ1) is 18.5. The maximum Gasteiger partial charge on any atom is 0.224 e. The van der Waals surface area contributed by atoms with Gasteiger partial charge in [-0.15, -0.1) is 0 Å². The lowest BCUT2D eigenvalue weighted by molar-refractivity contribution is -0.116. The second-order valence-corrected chi connectivity index (χ2v) is 6.80. The molecule has 142 valence electrons. The quantitative estimate of drug-likeness (QED) is 0.483. The van der Waals surface area contributed by atoms with Crippen LogP contribution in [0.2, 0.25) is 0 Å². The largest absolute Gasteiger partial charge is 0.342 e. The number of carbonyl (C=O) groups is 1. The third kappa shape index (κ3) is 5.12. The van der Waals surface area contributed by atoms with Gasteiger partial charge >= 0.3 is 0 Å². The molecule has 0 spiro atoms. The Hall–Kier alpha value is -3.84. The van der Waals surface area contributed by atoms with Crippen molar-refractivity contribution >= 4 is 22.6 Å². The summed E-state index contributed by atoms with van der Waals surface area (Å²) in [6.07, 6.45) is 1.92. The second-order valence-electron chi connectivity index (χ2n) is 6.80. The Morgan fingerprint density at radius 1 is 0.897 bits per heavy atom. The molecule has 0 aliphatic heterocycles. The van der Waals surface area contributed by atoms with Gasteiger partial charge in [-0.05, 0) is 48.9 Å². The number of carbonyl (C=O) groups excluding carboxylic acids is 1. The van der Waals surface area contributed by atoms with Crippen molar-refractivity contribution in [2.75, 3.05) is 5.32 Å². The highest BCUT2D eigenvalue weighted by molar-refractivity contribution is 5.90. The fourth-order valence-corrected chi connectivity index (χ4v) is 3.10. The summed E-state index contributed by atoms with van der Waals surface area (Å²) in [5.41, 5.74) is 4.58. The molecule has 4 nitrogen and oxygen atoms in total. The third-order valence-electron chi connectivity index (χ3n) is 4.53. The van der Waals surface area contributed by atoms with Gasteiger partial charge in [0.05, 0.1) is 11.0 Å². The van der Waals surface area contributed by atoms with Crippen molar-refractivity contribution < 1.29 is 4.79 Å². The second kappa shape index (κ2) is 8.90. The number of rotatable bonds is 5. The number of hydrogen-bond donors (Lipinski definition) is 2. The number of anilines is 1. The van der Waals surface area contributed by atoms with Gasteiger partial charge in [0.2, 0.25) is 5.91 Å². The lowest BCUT2D eigenvalue weighted by atomic mass is 10.1. The highest BCUT2D eigenvalue weighted by Crippen LogP contribution is 2.13. The number of amides is 1. The minimum absolute atomic E-state index is 0.00530. The number of aromatic nitrogens is 2. The first-order valence-electron chi connectivity index (χ1n) is 9.67. The number of H-pyrrole nitrogens is 1. The lowest BCUT2D eigenvalue weighted by Crippen LogP contribution is -2.11. The first-order valence-corrected chi connectivity index (χ1v) is 9.67. The maximum absolute atomic E-state index is 12.3. The highest BCUT2D eigenvalue weighted by Gasteiger charge is 2.06. The van der Waals surface area contributed by atoms with E-state index in [1.165, 1.54) is 0 Å². The molecule has 4 rings (SSSR count). The first-order chi connectivity index (χ1) is 14.3. The van der Waals surface area contributed by atoms with E-state index < -0.39 is 0 Å². The van der Waals surface area contributed by atoms with Crippen molar-refractivity contribution in [1.82, 2.24) is 9.97 Å². The van der Waals surface area contributed by atoms with E-state index >= 15 is 0 Å². The van der Waals surface area contributed by atoms with Gasteiger partial charge in [0.25, 0.3) is 0 Å². The predicted octanol–water partition coefficient (Wildman–Crippen LogP) is 4.92. The average Bonchev–Trinajstić information content (AvgIpc) is 3.16. The van der Waals surface area contributed by atoms with Crippen molar-refractivity contribution in [2.45, 2.75) is 19.3 Å². The molecule has 4 aromatic rings. The zero-order chi connectivity index (χ0) is 19.9. The molecule has 0 bridgehead atoms. The molecule has 0 radical (unpaired) electrons. The van der Waals surface area contributed by atoms with Crippen LogP contribution < -0.4 is 5.32 Å². The molecule has 29 heavy (non-hydrogen) atoms. The van der Waals surface area contributed by atoms with Crippen LogP contribution in [0.1, 0.15) is 29.8 Å². The molecule has 1 aromatic heterocycles. The van der Waals surface area contributed by atoms with Crippen LogP contribution in [-0.4, -0.2) is 15.9 Å². The summed E-state index contributed by atoms with van der Waals surface area (Å²) in [4.78, 5) is 20.1. The van der Waals surface area contributed by atoms with Crippen molar-refractivity contribution in [3.63, 3.8) is 0 Å². The third-order valence-corrected chi connectivity index (χ3v) is 4.53. The predicted molar refractivity (Wildman–Crippen MR) is 117 cm³/mol. The van der Waals surface area contributed by atoms with E-state index in [2.05, 4.69) is 27.1 Å². The number of hydrogen-bond acceptors (Lipinski definition) is 2. The minimum Gasteiger partial charge on any atom is -0.342 e. The van der Waals surface area contributed by atoms with Crippen LogP contribution in [0.5, 0.6) is 0 Å². The molecule has 2 N–H and O–H groups in total. The van der Waals surface area contributed by atoms with Gasteiger partial charge in [-0.25, -0.2) is 4.98 Å². The van der Waals surface area contributed by atoms with Gasteiger partial charge in [0, 0.05) is 29.7 Å². The van der Waals surface area contributed by atoms with E-state index in [9.17, 15) is 4.79 Å². The van der Waals surface area contributed by atoms with E-state index in [0.29, 0.717) is 6.42 Å². The Bertz CT molecular complexity index is 1150. The Labute approximate surface area is 170 Å². The average molecular weight is 379 g/mol. The summed E-state index contributed by atoms with van der Waals surface area (Å²) in [6, 6.07) is 25.4. The molecule has 0 fully saturated rings. The van der Waals surface area contributed by atoms with Crippen LogP contribution in [0, 0.1) is 11.8 Å². The number of nitrogens with zero attached hydrogens (tertiary/aromatic N) is 1. The van der Waals surface area contributed by atoms with Crippen molar-refractivity contribution in [3.05, 3.63) is 95.8 Å². The van der Waals surface area contributed by atoms with Crippen LogP contribution in [0.3, 0.4) is 0 Å². The van der Waals surface area contributed by atoms with E-state index in [1.807, 2.05) is 78.9 Å². The summed E-state index contributed by atoms with van der Waals surface area (Å²) < 4.78 is 0. The number of fused-ring (bicyclic) bond motifs is 1. The minimum atomic E-state index is -0.00530. The summed E-state index contributed by atoms with van der Waals surface area (Å²) in [7, 11) is 0. The van der Waals surface area contributed by atoms with E-state index in [1.54, 1.807) is 0 Å². The van der Waals surface area contributed by atoms with Crippen LogP contribution in [0.25, 0.3) is 11.0 Å². The summed E-state index contributed by atoms with van der Waals surface area (Å²) in [5, 5.41) is 2.96. The SMILES string of the molecule is O=C(CCCc1nc2ccccc2[nH]1)Nc1cccc(C#Cc2ccccc2)c1. The van der Waals surface area contributed by atoms with Crippen LogP contribution in [-0.2, 0) is 11.2 Å². The number of imidazole rings is 1. The van der Waals surface area contributed by atoms with Gasteiger partial charge in [-0.1, -0.05) is 48.2 Å². The summed E-state index contributed by atoms with van der Waals surface area (Å²) in [6.45, 7) is 0. The molecule has 0 saturated carbocycles. The van der Waals surface area contributed by atoms with Crippen LogP contribution in [0.4, 0.5) is 5.69 Å². The molecule has 0 aliphatic rings. The van der Waals surface area contributed by atoms with Gasteiger partial charge < -0.3 is 10.3 Å². The number of aromatic amines is 1. The molecule has 1 amide bonds. The molecule has 1 heterocycles. The van der Waals surface area contributed by atoms with E-state index in [-0.39, 0.29) is 5.91 Å². The maximum atomic E-state index is 12.3. The molecule has 0 unspecified atom stereocenters. The Morgan fingerprint density at radius 2 is 1.66 bits per heavy atom. The smallest absolute Gasteiger partial charge is 0.224 e. The number of nitrogens with one attached hydrogen (secondary N) is 2.